The molecule has 2 fully saturated rings. The number of carbonyl (C=O) groups excluding carboxylic acids is 1. The van der Waals surface area contributed by atoms with E-state index in [-0.39, 0.29) is 16.5 Å². The molecule has 2 aliphatic heterocycles. The van der Waals surface area contributed by atoms with Crippen LogP contribution in [0.4, 0.5) is 8.78 Å². The Bertz CT molecular complexity index is 1060. The number of hydrogen-bond donors (Lipinski definition) is 0. The maximum absolute atomic E-state index is 14.9. The SMILES string of the molecule is CS(=O)(=O)c1ccc(-c2cc(F)c(C(=O)N3CCCC3CN3CCCC3)c(F)c2)cc1. The molecule has 0 aromatic heterocycles. The molecule has 0 aliphatic carbocycles. The molecule has 0 radical (unpaired) electrons. The first-order chi connectivity index (χ1) is 14.7. The van der Waals surface area contributed by atoms with Crippen LogP contribution >= 0.6 is 0 Å². The second kappa shape index (κ2) is 8.67. The maximum Gasteiger partial charge on any atom is 0.260 e. The Labute approximate surface area is 181 Å². The van der Waals surface area contributed by atoms with Crippen LogP contribution in [0.1, 0.15) is 36.0 Å². The fraction of sp³-hybridized carbons (Fsp3) is 0.435. The molecule has 1 unspecified atom stereocenters. The number of likely N-dealkylation sites (tertiary alicyclic amines) is 2. The summed E-state index contributed by atoms with van der Waals surface area (Å²) < 4.78 is 53.0. The van der Waals surface area contributed by atoms with Crippen LogP contribution in [0.3, 0.4) is 0 Å². The molecule has 31 heavy (non-hydrogen) atoms. The highest BCUT2D eigenvalue weighted by Gasteiger charge is 2.34. The molecule has 8 heteroatoms. The largest absolute Gasteiger partial charge is 0.334 e. The monoisotopic (exact) mass is 448 g/mol. The van der Waals surface area contributed by atoms with Crippen LogP contribution in [0.25, 0.3) is 11.1 Å². The lowest BCUT2D eigenvalue weighted by molar-refractivity contribution is 0.0699. The number of hydrogen-bond acceptors (Lipinski definition) is 4. The summed E-state index contributed by atoms with van der Waals surface area (Å²) in [5.74, 6) is -2.41. The number of halogens is 2. The predicted molar refractivity (Wildman–Crippen MR) is 115 cm³/mol. The molecular formula is C23H26F2N2O3S. The molecule has 1 amide bonds. The third-order valence-corrected chi connectivity index (χ3v) is 7.31. The van der Waals surface area contributed by atoms with Gasteiger partial charge in [0.05, 0.1) is 4.90 Å². The lowest BCUT2D eigenvalue weighted by atomic mass is 10.0. The summed E-state index contributed by atoms with van der Waals surface area (Å²) in [6.07, 6.45) is 5.07. The van der Waals surface area contributed by atoms with Crippen LogP contribution < -0.4 is 0 Å². The van der Waals surface area contributed by atoms with Crippen LogP contribution in [-0.2, 0) is 9.84 Å². The third-order valence-electron chi connectivity index (χ3n) is 6.18. The van der Waals surface area contributed by atoms with Crippen LogP contribution in [0.2, 0.25) is 0 Å². The van der Waals surface area contributed by atoms with E-state index >= 15 is 0 Å². The Balaban J connectivity index is 1.57. The predicted octanol–water partition coefficient (Wildman–Crippen LogP) is 3.74. The number of rotatable bonds is 5. The van der Waals surface area contributed by atoms with Crippen molar-refractivity contribution < 1.29 is 22.0 Å². The minimum Gasteiger partial charge on any atom is -0.334 e. The highest BCUT2D eigenvalue weighted by molar-refractivity contribution is 7.90. The zero-order valence-electron chi connectivity index (χ0n) is 17.5. The topological polar surface area (TPSA) is 57.7 Å². The van der Waals surface area contributed by atoms with Crippen molar-refractivity contribution in [3.05, 3.63) is 53.6 Å². The zero-order valence-corrected chi connectivity index (χ0v) is 18.3. The summed E-state index contributed by atoms with van der Waals surface area (Å²) in [6.45, 7) is 3.27. The number of benzene rings is 2. The molecule has 2 aliphatic rings. The molecule has 2 aromatic carbocycles. The number of sulfone groups is 1. The normalized spacial score (nSPS) is 19.8. The van der Waals surface area contributed by atoms with E-state index in [2.05, 4.69) is 4.90 Å². The molecule has 5 nitrogen and oxygen atoms in total. The first-order valence-electron chi connectivity index (χ1n) is 10.6. The number of carbonyl (C=O) groups is 1. The molecule has 0 N–H and O–H groups in total. The van der Waals surface area contributed by atoms with Crippen LogP contribution in [0, 0.1) is 11.6 Å². The average molecular weight is 449 g/mol. The number of nitrogens with zero attached hydrogens (tertiary/aromatic N) is 2. The van der Waals surface area contributed by atoms with Crippen molar-refractivity contribution in [2.45, 2.75) is 36.6 Å². The van der Waals surface area contributed by atoms with E-state index in [1.165, 1.54) is 24.3 Å². The summed E-state index contributed by atoms with van der Waals surface area (Å²) in [4.78, 5) is 17.1. The van der Waals surface area contributed by atoms with Gasteiger partial charge in [0.2, 0.25) is 0 Å². The summed E-state index contributed by atoms with van der Waals surface area (Å²) in [5, 5.41) is 0. The Morgan fingerprint density at radius 2 is 1.58 bits per heavy atom. The van der Waals surface area contributed by atoms with Crippen LogP contribution in [-0.4, -0.2) is 62.6 Å². The van der Waals surface area contributed by atoms with E-state index in [4.69, 9.17) is 0 Å². The van der Waals surface area contributed by atoms with Gasteiger partial charge in [-0.15, -0.1) is 0 Å². The first-order valence-corrected chi connectivity index (χ1v) is 12.5. The van der Waals surface area contributed by atoms with Gasteiger partial charge in [-0.25, -0.2) is 17.2 Å². The molecule has 1 atom stereocenters. The van der Waals surface area contributed by atoms with E-state index in [0.29, 0.717) is 12.1 Å². The van der Waals surface area contributed by atoms with Gasteiger partial charge >= 0.3 is 0 Å². The van der Waals surface area contributed by atoms with Crippen LogP contribution in [0.15, 0.2) is 41.3 Å². The van der Waals surface area contributed by atoms with E-state index in [0.717, 1.165) is 63.7 Å². The fourth-order valence-corrected chi connectivity index (χ4v) is 5.17. The minimum absolute atomic E-state index is 0.0207. The Morgan fingerprint density at radius 3 is 2.16 bits per heavy atom. The van der Waals surface area contributed by atoms with Gasteiger partial charge in [-0.3, -0.25) is 4.79 Å². The van der Waals surface area contributed by atoms with E-state index in [1.807, 2.05) is 0 Å². The van der Waals surface area contributed by atoms with E-state index < -0.39 is 32.9 Å². The summed E-state index contributed by atoms with van der Waals surface area (Å²) in [7, 11) is -3.36. The van der Waals surface area contributed by atoms with Crippen molar-refractivity contribution in [2.75, 3.05) is 32.4 Å². The number of amides is 1. The van der Waals surface area contributed by atoms with E-state index in [9.17, 15) is 22.0 Å². The van der Waals surface area contributed by atoms with Crippen molar-refractivity contribution in [1.29, 1.82) is 0 Å². The first kappa shape index (κ1) is 21.9. The minimum atomic E-state index is -3.36. The van der Waals surface area contributed by atoms with Crippen molar-refractivity contribution in [2.24, 2.45) is 0 Å². The van der Waals surface area contributed by atoms with Crippen LogP contribution in [0.5, 0.6) is 0 Å². The van der Waals surface area contributed by atoms with Crippen molar-refractivity contribution in [3.63, 3.8) is 0 Å². The summed E-state index contributed by atoms with van der Waals surface area (Å²) in [6, 6.07) is 8.04. The highest BCUT2D eigenvalue weighted by atomic mass is 32.2. The molecule has 2 aromatic rings. The standard InChI is InChI=1S/C23H26F2N2O3S/c1-31(29,30)19-8-6-16(7-9-19)17-13-20(24)22(21(25)14-17)23(28)27-12-4-5-18(27)15-26-10-2-3-11-26/h6-9,13-14,18H,2-5,10-12,15H2,1H3. The lowest BCUT2D eigenvalue weighted by Gasteiger charge is -2.29. The second-order valence-corrected chi connectivity index (χ2v) is 10.4. The summed E-state index contributed by atoms with van der Waals surface area (Å²) in [5.41, 5.74) is 0.198. The molecule has 0 bridgehead atoms. The van der Waals surface area contributed by atoms with Gasteiger partial charge < -0.3 is 9.80 Å². The van der Waals surface area contributed by atoms with Gasteiger partial charge in [0.15, 0.2) is 9.84 Å². The van der Waals surface area contributed by atoms with Crippen molar-refractivity contribution in [3.8, 4) is 11.1 Å². The molecule has 166 valence electrons. The average Bonchev–Trinajstić information content (AvgIpc) is 3.39. The van der Waals surface area contributed by atoms with Gasteiger partial charge in [0, 0.05) is 25.4 Å². The zero-order chi connectivity index (χ0) is 22.2. The lowest BCUT2D eigenvalue weighted by Crippen LogP contribution is -2.43. The Morgan fingerprint density at radius 1 is 0.968 bits per heavy atom. The smallest absolute Gasteiger partial charge is 0.260 e. The van der Waals surface area contributed by atoms with Gasteiger partial charge in [0.1, 0.15) is 17.2 Å². The molecule has 2 saturated heterocycles. The van der Waals surface area contributed by atoms with Gasteiger partial charge in [-0.05, 0) is 74.2 Å². The molecular weight excluding hydrogens is 422 g/mol. The van der Waals surface area contributed by atoms with Crippen molar-refractivity contribution >= 4 is 15.7 Å². The Kier molecular flexibility index (Phi) is 6.12. The molecule has 0 saturated carbocycles. The highest BCUT2D eigenvalue weighted by Crippen LogP contribution is 2.29. The van der Waals surface area contributed by atoms with Gasteiger partial charge in [0.25, 0.3) is 5.91 Å². The third kappa shape index (κ3) is 4.65. The fourth-order valence-electron chi connectivity index (χ4n) is 4.54. The molecule has 0 spiro atoms. The molecule has 4 rings (SSSR count). The van der Waals surface area contributed by atoms with Gasteiger partial charge in [-0.1, -0.05) is 12.1 Å². The summed E-state index contributed by atoms with van der Waals surface area (Å²) >= 11 is 0. The molecule has 2 heterocycles. The van der Waals surface area contributed by atoms with E-state index in [1.54, 1.807) is 4.90 Å². The maximum atomic E-state index is 14.9. The van der Waals surface area contributed by atoms with Crippen molar-refractivity contribution in [1.82, 2.24) is 9.80 Å². The van der Waals surface area contributed by atoms with Gasteiger partial charge in [-0.2, -0.15) is 0 Å². The second-order valence-electron chi connectivity index (χ2n) is 8.41. The Hall–Kier alpha value is -2.32. The quantitative estimate of drug-likeness (QED) is 0.699.